The minimum atomic E-state index is -1.15. The molecule has 2 atom stereocenters. The van der Waals surface area contributed by atoms with E-state index in [0.29, 0.717) is 0 Å². The molecule has 1 amide bonds. The number of amides is 1. The number of hydrogen-bond donors (Lipinski definition) is 3. The van der Waals surface area contributed by atoms with E-state index in [1.54, 1.807) is 20.8 Å². The summed E-state index contributed by atoms with van der Waals surface area (Å²) in [5.41, 5.74) is 6.11. The monoisotopic (exact) mass is 294 g/mol. The van der Waals surface area contributed by atoms with Gasteiger partial charge < -0.3 is 20.9 Å². The fourth-order valence-electron chi connectivity index (χ4n) is 1.76. The fraction of sp³-hybridized carbons (Fsp3) is 0.467. The Balaban J connectivity index is 2.66. The SMILES string of the molecule is CC(C)(C)OC(=O)NC(CC(N)c1ccccc1)C(=O)O. The van der Waals surface area contributed by atoms with Crippen LogP contribution in [0.25, 0.3) is 0 Å². The first kappa shape index (κ1) is 17.0. The summed E-state index contributed by atoms with van der Waals surface area (Å²) < 4.78 is 5.05. The summed E-state index contributed by atoms with van der Waals surface area (Å²) in [6.45, 7) is 5.12. The zero-order valence-electron chi connectivity index (χ0n) is 12.5. The van der Waals surface area contributed by atoms with Gasteiger partial charge in [0.1, 0.15) is 11.6 Å². The van der Waals surface area contributed by atoms with Gasteiger partial charge in [-0.3, -0.25) is 0 Å². The van der Waals surface area contributed by atoms with E-state index in [1.807, 2.05) is 30.3 Å². The molecule has 1 rings (SSSR count). The topological polar surface area (TPSA) is 102 Å². The van der Waals surface area contributed by atoms with Crippen molar-refractivity contribution in [3.05, 3.63) is 35.9 Å². The lowest BCUT2D eigenvalue weighted by atomic mass is 10.0. The number of benzene rings is 1. The minimum absolute atomic E-state index is 0.0819. The van der Waals surface area contributed by atoms with Crippen molar-refractivity contribution in [3.63, 3.8) is 0 Å². The van der Waals surface area contributed by atoms with E-state index in [4.69, 9.17) is 10.5 Å². The average Bonchev–Trinajstić information content (AvgIpc) is 2.36. The third-order valence-electron chi connectivity index (χ3n) is 2.71. The largest absolute Gasteiger partial charge is 0.480 e. The molecule has 0 fully saturated rings. The number of rotatable bonds is 5. The molecular weight excluding hydrogens is 272 g/mol. The van der Waals surface area contributed by atoms with Crippen LogP contribution in [0.5, 0.6) is 0 Å². The minimum Gasteiger partial charge on any atom is -0.480 e. The van der Waals surface area contributed by atoms with E-state index in [9.17, 15) is 14.7 Å². The molecule has 116 valence electrons. The average molecular weight is 294 g/mol. The Hall–Kier alpha value is -2.08. The van der Waals surface area contributed by atoms with Crippen molar-refractivity contribution < 1.29 is 19.4 Å². The molecule has 0 radical (unpaired) electrons. The van der Waals surface area contributed by atoms with Gasteiger partial charge in [0.25, 0.3) is 0 Å². The first-order valence-electron chi connectivity index (χ1n) is 6.72. The van der Waals surface area contributed by atoms with Crippen LogP contribution in [-0.2, 0) is 9.53 Å². The molecule has 0 heterocycles. The number of ether oxygens (including phenoxy) is 1. The van der Waals surface area contributed by atoms with Gasteiger partial charge in [-0.25, -0.2) is 9.59 Å². The zero-order valence-corrected chi connectivity index (χ0v) is 12.5. The maximum absolute atomic E-state index is 11.7. The van der Waals surface area contributed by atoms with Gasteiger partial charge in [0.05, 0.1) is 0 Å². The number of carbonyl (C=O) groups excluding carboxylic acids is 1. The molecule has 4 N–H and O–H groups in total. The Kier molecular flexibility index (Phi) is 5.72. The quantitative estimate of drug-likeness (QED) is 0.771. The zero-order chi connectivity index (χ0) is 16.0. The highest BCUT2D eigenvalue weighted by molar-refractivity contribution is 5.80. The Labute approximate surface area is 124 Å². The second kappa shape index (κ2) is 7.08. The van der Waals surface area contributed by atoms with E-state index in [0.717, 1.165) is 5.56 Å². The van der Waals surface area contributed by atoms with Gasteiger partial charge >= 0.3 is 12.1 Å². The van der Waals surface area contributed by atoms with E-state index in [1.165, 1.54) is 0 Å². The van der Waals surface area contributed by atoms with Crippen molar-refractivity contribution >= 4 is 12.1 Å². The molecule has 0 aliphatic carbocycles. The molecule has 0 aromatic heterocycles. The summed E-state index contributed by atoms with van der Waals surface area (Å²) in [7, 11) is 0. The summed E-state index contributed by atoms with van der Waals surface area (Å²) in [5, 5.41) is 11.5. The van der Waals surface area contributed by atoms with E-state index in [2.05, 4.69) is 5.32 Å². The summed E-state index contributed by atoms with van der Waals surface area (Å²) in [6.07, 6.45) is -0.686. The van der Waals surface area contributed by atoms with Gasteiger partial charge in [-0.15, -0.1) is 0 Å². The van der Waals surface area contributed by atoms with E-state index in [-0.39, 0.29) is 6.42 Å². The number of hydrogen-bond acceptors (Lipinski definition) is 4. The van der Waals surface area contributed by atoms with Crippen LogP contribution in [0.2, 0.25) is 0 Å². The lowest BCUT2D eigenvalue weighted by molar-refractivity contribution is -0.139. The molecule has 0 aliphatic rings. The maximum Gasteiger partial charge on any atom is 0.408 e. The number of carboxylic acids is 1. The molecule has 0 aliphatic heterocycles. The third-order valence-corrected chi connectivity index (χ3v) is 2.71. The molecule has 6 heteroatoms. The normalized spacial score (nSPS) is 14.1. The molecule has 0 saturated carbocycles. The first-order chi connectivity index (χ1) is 9.69. The van der Waals surface area contributed by atoms with Gasteiger partial charge in [-0.2, -0.15) is 0 Å². The van der Waals surface area contributed by atoms with Gasteiger partial charge in [-0.05, 0) is 32.8 Å². The molecule has 0 spiro atoms. The van der Waals surface area contributed by atoms with Crippen LogP contribution in [0.4, 0.5) is 4.79 Å². The van der Waals surface area contributed by atoms with Crippen molar-refractivity contribution in [3.8, 4) is 0 Å². The molecule has 1 aromatic carbocycles. The Morgan fingerprint density at radius 1 is 1.29 bits per heavy atom. The number of carboxylic acid groups (broad SMARTS) is 1. The first-order valence-corrected chi connectivity index (χ1v) is 6.72. The Morgan fingerprint density at radius 2 is 1.86 bits per heavy atom. The number of nitrogens with two attached hydrogens (primary N) is 1. The predicted octanol–water partition coefficient (Wildman–Crippen LogP) is 2.05. The molecule has 1 aromatic rings. The summed E-state index contributed by atoms with van der Waals surface area (Å²) in [5.74, 6) is -1.15. The Bertz CT molecular complexity index is 482. The van der Waals surface area contributed by atoms with Crippen molar-refractivity contribution in [2.75, 3.05) is 0 Å². The van der Waals surface area contributed by atoms with Crippen LogP contribution < -0.4 is 11.1 Å². The number of nitrogens with one attached hydrogen (secondary N) is 1. The maximum atomic E-state index is 11.7. The molecule has 6 nitrogen and oxygen atoms in total. The smallest absolute Gasteiger partial charge is 0.408 e. The van der Waals surface area contributed by atoms with Crippen LogP contribution in [-0.4, -0.2) is 28.8 Å². The Morgan fingerprint density at radius 3 is 2.33 bits per heavy atom. The highest BCUT2D eigenvalue weighted by Gasteiger charge is 2.26. The van der Waals surface area contributed by atoms with Crippen molar-refractivity contribution in [2.24, 2.45) is 5.73 Å². The standard InChI is InChI=1S/C15H22N2O4/c1-15(2,3)21-14(20)17-12(13(18)19)9-11(16)10-7-5-4-6-8-10/h4-8,11-12H,9,16H2,1-3H3,(H,17,20)(H,18,19). The second-order valence-electron chi connectivity index (χ2n) is 5.79. The third kappa shape index (κ3) is 6.27. The number of alkyl carbamates (subject to hydrolysis) is 1. The lowest BCUT2D eigenvalue weighted by Gasteiger charge is -2.23. The van der Waals surface area contributed by atoms with E-state index >= 15 is 0 Å². The fourth-order valence-corrected chi connectivity index (χ4v) is 1.76. The van der Waals surface area contributed by atoms with Gasteiger partial charge in [0, 0.05) is 6.04 Å². The number of aliphatic carboxylic acids is 1. The second-order valence-corrected chi connectivity index (χ2v) is 5.79. The summed E-state index contributed by atoms with van der Waals surface area (Å²) >= 11 is 0. The van der Waals surface area contributed by atoms with Crippen molar-refractivity contribution in [1.82, 2.24) is 5.32 Å². The van der Waals surface area contributed by atoms with E-state index < -0.39 is 29.7 Å². The van der Waals surface area contributed by atoms with Crippen LogP contribution >= 0.6 is 0 Å². The molecule has 0 saturated heterocycles. The van der Waals surface area contributed by atoms with Crippen molar-refractivity contribution in [1.29, 1.82) is 0 Å². The van der Waals surface area contributed by atoms with Gasteiger partial charge in [0.2, 0.25) is 0 Å². The van der Waals surface area contributed by atoms with Crippen LogP contribution in [0.1, 0.15) is 38.8 Å². The lowest BCUT2D eigenvalue weighted by Crippen LogP contribution is -2.44. The highest BCUT2D eigenvalue weighted by atomic mass is 16.6. The summed E-state index contributed by atoms with van der Waals surface area (Å²) in [4.78, 5) is 22.9. The van der Waals surface area contributed by atoms with Gasteiger partial charge in [-0.1, -0.05) is 30.3 Å². The van der Waals surface area contributed by atoms with Gasteiger partial charge in [0.15, 0.2) is 0 Å². The van der Waals surface area contributed by atoms with Crippen LogP contribution in [0.15, 0.2) is 30.3 Å². The summed E-state index contributed by atoms with van der Waals surface area (Å²) in [6, 6.07) is 7.55. The van der Waals surface area contributed by atoms with Crippen LogP contribution in [0.3, 0.4) is 0 Å². The predicted molar refractivity (Wildman–Crippen MR) is 78.8 cm³/mol. The molecule has 2 unspecified atom stereocenters. The molecule has 21 heavy (non-hydrogen) atoms. The number of carbonyl (C=O) groups is 2. The van der Waals surface area contributed by atoms with Crippen LogP contribution in [0, 0.1) is 0 Å². The molecular formula is C15H22N2O4. The highest BCUT2D eigenvalue weighted by Crippen LogP contribution is 2.16. The molecule has 0 bridgehead atoms. The van der Waals surface area contributed by atoms with Crippen molar-refractivity contribution in [2.45, 2.75) is 44.9 Å².